The average Bonchev–Trinajstić information content (AvgIpc) is 3.33. The lowest BCUT2D eigenvalue weighted by Crippen LogP contribution is -2.31. The predicted octanol–water partition coefficient (Wildman–Crippen LogP) is 2.18. The van der Waals surface area contributed by atoms with Gasteiger partial charge in [-0.3, -0.25) is 14.3 Å². The molecule has 9 nitrogen and oxygen atoms in total. The maximum atomic E-state index is 12.1. The van der Waals surface area contributed by atoms with Crippen molar-refractivity contribution in [1.82, 2.24) is 20.1 Å². The number of carbonyl (C=O) groups excluding carboxylic acids is 2. The molecule has 1 atom stereocenters. The maximum Gasteiger partial charge on any atom is 0.252 e. The molecule has 3 heterocycles. The monoisotopic (exact) mass is 423 g/mol. The summed E-state index contributed by atoms with van der Waals surface area (Å²) in [7, 11) is 1.83. The van der Waals surface area contributed by atoms with E-state index < -0.39 is 5.91 Å². The number of nitrogens with one attached hydrogen (secondary N) is 1. The number of rotatable bonds is 7. The zero-order chi connectivity index (χ0) is 22.1. The van der Waals surface area contributed by atoms with Gasteiger partial charge >= 0.3 is 0 Å². The summed E-state index contributed by atoms with van der Waals surface area (Å²) in [5.41, 5.74) is 7.37. The van der Waals surface area contributed by atoms with Crippen LogP contribution >= 0.6 is 0 Å². The Bertz CT molecular complexity index is 1150. The van der Waals surface area contributed by atoms with E-state index in [0.717, 1.165) is 17.4 Å². The van der Waals surface area contributed by atoms with Crippen LogP contribution in [0.25, 0.3) is 22.0 Å². The number of aromatic nitrogens is 3. The van der Waals surface area contributed by atoms with Crippen LogP contribution in [0, 0.1) is 0 Å². The van der Waals surface area contributed by atoms with Crippen molar-refractivity contribution in [1.29, 1.82) is 0 Å². The van der Waals surface area contributed by atoms with E-state index >= 15 is 0 Å². The van der Waals surface area contributed by atoms with Crippen LogP contribution in [-0.4, -0.2) is 45.3 Å². The molecule has 3 aromatic rings. The van der Waals surface area contributed by atoms with Gasteiger partial charge in [-0.05, 0) is 43.9 Å². The molecule has 0 saturated carbocycles. The van der Waals surface area contributed by atoms with Gasteiger partial charge in [0, 0.05) is 36.8 Å². The molecule has 162 valence electrons. The summed E-state index contributed by atoms with van der Waals surface area (Å²) >= 11 is 0. The largest absolute Gasteiger partial charge is 0.490 e. The van der Waals surface area contributed by atoms with Crippen molar-refractivity contribution >= 4 is 22.6 Å². The number of aryl methyl sites for hydroxylation is 1. The zero-order valence-corrected chi connectivity index (χ0v) is 17.7. The predicted molar refractivity (Wildman–Crippen MR) is 115 cm³/mol. The third kappa shape index (κ3) is 4.30. The Kier molecular flexibility index (Phi) is 5.50. The molecule has 1 unspecified atom stereocenters. The van der Waals surface area contributed by atoms with Crippen LogP contribution in [0.1, 0.15) is 37.0 Å². The zero-order valence-electron chi connectivity index (χ0n) is 17.7. The summed E-state index contributed by atoms with van der Waals surface area (Å²) in [6.45, 7) is 4.05. The normalized spacial score (nSPS) is 16.0. The summed E-state index contributed by atoms with van der Waals surface area (Å²) in [5, 5.41) is 8.75. The van der Waals surface area contributed by atoms with Crippen LogP contribution in [0.5, 0.6) is 11.6 Å². The summed E-state index contributed by atoms with van der Waals surface area (Å²) in [6.07, 6.45) is 4.56. The molecule has 1 fully saturated rings. The van der Waals surface area contributed by atoms with Crippen LogP contribution < -0.4 is 20.5 Å². The quantitative estimate of drug-likeness (QED) is 0.601. The van der Waals surface area contributed by atoms with Gasteiger partial charge in [0.25, 0.3) is 5.91 Å². The lowest BCUT2D eigenvalue weighted by molar-refractivity contribution is -0.119. The lowest BCUT2D eigenvalue weighted by Gasteiger charge is -2.17. The van der Waals surface area contributed by atoms with Crippen molar-refractivity contribution in [2.24, 2.45) is 12.8 Å². The van der Waals surface area contributed by atoms with E-state index in [2.05, 4.69) is 15.4 Å². The van der Waals surface area contributed by atoms with Gasteiger partial charge in [0.1, 0.15) is 12.4 Å². The maximum absolute atomic E-state index is 12.1. The van der Waals surface area contributed by atoms with Gasteiger partial charge in [0.05, 0.1) is 23.4 Å². The number of hydrogen-bond acceptors (Lipinski definition) is 6. The Hall–Kier alpha value is -3.62. The number of carbonyl (C=O) groups is 2. The highest BCUT2D eigenvalue weighted by Crippen LogP contribution is 2.37. The van der Waals surface area contributed by atoms with E-state index in [1.165, 1.54) is 0 Å². The lowest BCUT2D eigenvalue weighted by atomic mass is 10.0. The Morgan fingerprint density at radius 2 is 2.16 bits per heavy atom. The smallest absolute Gasteiger partial charge is 0.252 e. The molecular formula is C22H25N5O4. The second kappa shape index (κ2) is 8.25. The molecule has 4 rings (SSSR count). The highest BCUT2D eigenvalue weighted by atomic mass is 16.5. The summed E-state index contributed by atoms with van der Waals surface area (Å²) in [4.78, 5) is 28.1. The standard InChI is InChI=1S/C22H25N5O4/c1-12(2)31-19-9-15-14(8-16(19)21(23)29)17(18-6-7-27(3)26-18)10-24-22(15)30-11-13-4-5-20(28)25-13/h6-10,12-13H,4-5,11H2,1-3H3,(H2,23,29)(H,25,28). The Labute approximate surface area is 179 Å². The van der Waals surface area contributed by atoms with E-state index in [1.807, 2.05) is 33.2 Å². The third-order valence-corrected chi connectivity index (χ3v) is 5.08. The number of nitrogens with zero attached hydrogens (tertiary/aromatic N) is 3. The topological polar surface area (TPSA) is 121 Å². The van der Waals surface area contributed by atoms with Crippen LogP contribution in [0.4, 0.5) is 0 Å². The second-order valence-electron chi connectivity index (χ2n) is 7.89. The van der Waals surface area contributed by atoms with Crippen molar-refractivity contribution in [2.45, 2.75) is 38.8 Å². The number of amides is 2. The molecule has 31 heavy (non-hydrogen) atoms. The van der Waals surface area contributed by atoms with Crippen LogP contribution in [-0.2, 0) is 11.8 Å². The molecule has 0 aliphatic carbocycles. The number of benzene rings is 1. The number of fused-ring (bicyclic) bond motifs is 1. The van der Waals surface area contributed by atoms with E-state index in [1.54, 1.807) is 23.0 Å². The number of primary amides is 1. The number of pyridine rings is 1. The SMILES string of the molecule is CC(C)Oc1cc2c(OCC3CCC(=O)N3)ncc(-c3ccn(C)n3)c2cc1C(N)=O. The van der Waals surface area contributed by atoms with Crippen molar-refractivity contribution < 1.29 is 19.1 Å². The molecule has 2 aromatic heterocycles. The van der Waals surface area contributed by atoms with Gasteiger partial charge < -0.3 is 20.5 Å². The summed E-state index contributed by atoms with van der Waals surface area (Å²) in [6, 6.07) is 5.24. The minimum Gasteiger partial charge on any atom is -0.490 e. The Morgan fingerprint density at radius 3 is 2.77 bits per heavy atom. The fraction of sp³-hybridized carbons (Fsp3) is 0.364. The van der Waals surface area contributed by atoms with Crippen molar-refractivity contribution in [3.8, 4) is 22.9 Å². The number of ether oxygens (including phenoxy) is 2. The molecular weight excluding hydrogens is 398 g/mol. The Morgan fingerprint density at radius 1 is 1.35 bits per heavy atom. The van der Waals surface area contributed by atoms with Gasteiger partial charge in [-0.2, -0.15) is 5.10 Å². The number of hydrogen-bond donors (Lipinski definition) is 2. The van der Waals surface area contributed by atoms with Gasteiger partial charge in [0.2, 0.25) is 11.8 Å². The van der Waals surface area contributed by atoms with Crippen molar-refractivity contribution in [3.63, 3.8) is 0 Å². The average molecular weight is 423 g/mol. The molecule has 0 bridgehead atoms. The van der Waals surface area contributed by atoms with E-state index in [-0.39, 0.29) is 23.6 Å². The molecule has 0 radical (unpaired) electrons. The first-order valence-electron chi connectivity index (χ1n) is 10.2. The van der Waals surface area contributed by atoms with Crippen LogP contribution in [0.15, 0.2) is 30.6 Å². The van der Waals surface area contributed by atoms with E-state index in [0.29, 0.717) is 35.7 Å². The number of nitrogens with two attached hydrogens (primary N) is 1. The van der Waals surface area contributed by atoms with Gasteiger partial charge in [-0.1, -0.05) is 0 Å². The molecule has 3 N–H and O–H groups in total. The summed E-state index contributed by atoms with van der Waals surface area (Å²) in [5.74, 6) is 0.197. The first kappa shape index (κ1) is 20.6. The third-order valence-electron chi connectivity index (χ3n) is 5.08. The second-order valence-corrected chi connectivity index (χ2v) is 7.89. The van der Waals surface area contributed by atoms with Crippen molar-refractivity contribution in [2.75, 3.05) is 6.61 Å². The molecule has 0 spiro atoms. The van der Waals surface area contributed by atoms with Crippen LogP contribution in [0.2, 0.25) is 0 Å². The van der Waals surface area contributed by atoms with Crippen LogP contribution in [0.3, 0.4) is 0 Å². The molecule has 1 aliphatic heterocycles. The molecule has 1 aliphatic rings. The molecule has 1 saturated heterocycles. The minimum atomic E-state index is -0.586. The van der Waals surface area contributed by atoms with E-state index in [9.17, 15) is 9.59 Å². The fourth-order valence-corrected chi connectivity index (χ4v) is 3.65. The molecule has 2 amide bonds. The highest BCUT2D eigenvalue weighted by molar-refractivity contribution is 6.06. The fourth-order valence-electron chi connectivity index (χ4n) is 3.65. The molecule has 1 aromatic carbocycles. The first-order valence-corrected chi connectivity index (χ1v) is 10.2. The Balaban J connectivity index is 1.83. The van der Waals surface area contributed by atoms with E-state index in [4.69, 9.17) is 15.2 Å². The minimum absolute atomic E-state index is 0.0237. The van der Waals surface area contributed by atoms with Gasteiger partial charge in [0.15, 0.2) is 0 Å². The summed E-state index contributed by atoms with van der Waals surface area (Å²) < 4.78 is 13.5. The molecule has 9 heteroatoms. The van der Waals surface area contributed by atoms with Crippen molar-refractivity contribution in [3.05, 3.63) is 36.2 Å². The first-order chi connectivity index (χ1) is 14.8. The van der Waals surface area contributed by atoms with Gasteiger partial charge in [-0.25, -0.2) is 4.98 Å². The van der Waals surface area contributed by atoms with Gasteiger partial charge in [-0.15, -0.1) is 0 Å². The highest BCUT2D eigenvalue weighted by Gasteiger charge is 2.23.